The van der Waals surface area contributed by atoms with Crippen molar-refractivity contribution >= 4 is 38.2 Å². The van der Waals surface area contributed by atoms with Crippen molar-refractivity contribution in [1.82, 2.24) is 15.0 Å². The summed E-state index contributed by atoms with van der Waals surface area (Å²) in [6.07, 6.45) is 5.18. The molecule has 0 bridgehead atoms. The lowest BCUT2D eigenvalue weighted by Gasteiger charge is -2.11. The second-order valence-electron chi connectivity index (χ2n) is 4.71. The van der Waals surface area contributed by atoms with Crippen molar-refractivity contribution in [3.8, 4) is 11.3 Å². The van der Waals surface area contributed by atoms with Crippen molar-refractivity contribution < 1.29 is 9.31 Å². The largest absolute Gasteiger partial charge is 0.549 e. The van der Waals surface area contributed by atoms with Gasteiger partial charge < -0.3 is 15.0 Å². The Bertz CT molecular complexity index is 778. The summed E-state index contributed by atoms with van der Waals surface area (Å²) in [5.74, 6) is 0.544. The average molecular weight is 309 g/mol. The van der Waals surface area contributed by atoms with Crippen LogP contribution in [0.25, 0.3) is 11.3 Å². The van der Waals surface area contributed by atoms with E-state index in [1.54, 1.807) is 27.4 Å². The molecule has 1 unspecified atom stereocenters. The molecular weight excluding hydrogens is 300 g/mol. The van der Waals surface area contributed by atoms with Crippen LogP contribution in [0.5, 0.6) is 0 Å². The number of nitrogen functional groups attached to an aromatic ring is 1. The lowest BCUT2D eigenvalue weighted by molar-refractivity contribution is 0.325. The topological polar surface area (TPSA) is 102 Å². The maximum Gasteiger partial charge on any atom is 0.474 e. The van der Waals surface area contributed by atoms with Gasteiger partial charge in [-0.15, -0.1) is 0 Å². The zero-order valence-electron chi connectivity index (χ0n) is 11.6. The van der Waals surface area contributed by atoms with Gasteiger partial charge in [-0.3, -0.25) is 4.98 Å². The molecule has 1 atom stereocenters. The molecule has 2 N–H and O–H groups in total. The van der Waals surface area contributed by atoms with E-state index >= 15 is 0 Å². The Hall–Kier alpha value is -2.06. The number of nitrogens with zero attached hydrogens (tertiary/aromatic N) is 4. The van der Waals surface area contributed by atoms with Gasteiger partial charge in [-0.1, -0.05) is 11.8 Å². The van der Waals surface area contributed by atoms with Crippen molar-refractivity contribution in [2.45, 2.75) is 10.8 Å². The molecule has 7 nitrogen and oxygen atoms in total. The average Bonchev–Trinajstić information content (AvgIpc) is 3.46. The van der Waals surface area contributed by atoms with Gasteiger partial charge in [0.15, 0.2) is 16.6 Å². The number of thioether (sulfide) groups is 1. The normalized spacial score (nSPS) is 23.4. The monoisotopic (exact) mass is 309 g/mol. The molecule has 2 radical (unpaired) electrons. The molecule has 2 aliphatic heterocycles. The third-order valence-electron chi connectivity index (χ3n) is 3.22. The molecule has 2 fully saturated rings. The van der Waals surface area contributed by atoms with E-state index in [2.05, 4.69) is 19.9 Å². The van der Waals surface area contributed by atoms with Gasteiger partial charge in [-0.05, 0) is 18.4 Å². The van der Waals surface area contributed by atoms with Gasteiger partial charge >= 0.3 is 15.0 Å². The number of rotatable bonds is 4. The molecule has 2 aliphatic rings. The first-order valence-electron chi connectivity index (χ1n) is 6.45. The smallest absolute Gasteiger partial charge is 0.474 e. The minimum Gasteiger partial charge on any atom is -0.549 e. The Balaban J connectivity index is 1.82. The summed E-state index contributed by atoms with van der Waals surface area (Å²) >= 11 is 1.44. The molecule has 2 saturated heterocycles. The highest BCUT2D eigenvalue weighted by molar-refractivity contribution is 7.98. The second kappa shape index (κ2) is 4.99. The Labute approximate surface area is 132 Å². The summed E-state index contributed by atoms with van der Waals surface area (Å²) in [5, 5.41) is 0.618. The molecule has 22 heavy (non-hydrogen) atoms. The van der Waals surface area contributed by atoms with E-state index in [9.17, 15) is 0 Å². The molecule has 2 aromatic rings. The minimum atomic E-state index is -0.883. The molecule has 0 aromatic carbocycles. The number of aliphatic imine (C=N–C) groups is 1. The van der Waals surface area contributed by atoms with Crippen LogP contribution in [0.1, 0.15) is 5.69 Å². The second-order valence-corrected chi connectivity index (χ2v) is 5.48. The highest BCUT2D eigenvalue weighted by Crippen LogP contribution is 2.39. The van der Waals surface area contributed by atoms with Crippen LogP contribution in [0, 0.1) is 0 Å². The van der Waals surface area contributed by atoms with Crippen LogP contribution in [0.2, 0.25) is 0 Å². The van der Waals surface area contributed by atoms with E-state index in [1.807, 2.05) is 18.4 Å². The molecule has 106 valence electrons. The molecule has 4 rings (SSSR count). The summed E-state index contributed by atoms with van der Waals surface area (Å²) in [6, 6.07) is 3.64. The fourth-order valence-electron chi connectivity index (χ4n) is 2.01. The fraction of sp³-hybridized carbons (Fsp3) is 0.167. The maximum absolute atomic E-state index is 5.99. The summed E-state index contributed by atoms with van der Waals surface area (Å²) in [5.41, 5.74) is 7.81. The van der Waals surface area contributed by atoms with E-state index in [4.69, 9.17) is 15.0 Å². The van der Waals surface area contributed by atoms with Gasteiger partial charge in [-0.25, -0.2) is 15.0 Å². The summed E-state index contributed by atoms with van der Waals surface area (Å²) in [4.78, 5) is 17.3. The molecular formula is C12H9B2N5O2S. The third-order valence-corrected chi connectivity index (χ3v) is 3.77. The van der Waals surface area contributed by atoms with E-state index in [-0.39, 0.29) is 0 Å². The predicted molar refractivity (Wildman–Crippen MR) is 84.2 cm³/mol. The van der Waals surface area contributed by atoms with Gasteiger partial charge in [0, 0.05) is 11.8 Å². The summed E-state index contributed by atoms with van der Waals surface area (Å²) in [7, 11) is 3.16. The molecule has 2 aromatic heterocycles. The van der Waals surface area contributed by atoms with E-state index in [0.29, 0.717) is 28.0 Å². The first kappa shape index (κ1) is 13.6. The molecule has 0 amide bonds. The van der Waals surface area contributed by atoms with Crippen LogP contribution < -0.4 is 5.73 Å². The van der Waals surface area contributed by atoms with Crippen LogP contribution >= 0.6 is 11.8 Å². The number of anilines is 1. The summed E-state index contributed by atoms with van der Waals surface area (Å²) in [6.45, 7) is 0. The van der Waals surface area contributed by atoms with Crippen molar-refractivity contribution in [1.29, 1.82) is 0 Å². The maximum atomic E-state index is 5.99. The SMILES string of the molecule is CSc1nc(-c2ccncc2N)cc(C2(N=C3[B]O3)[B]O2)n1. The highest BCUT2D eigenvalue weighted by Gasteiger charge is 2.52. The molecule has 0 saturated carbocycles. The van der Waals surface area contributed by atoms with Gasteiger partial charge in [-0.2, -0.15) is 0 Å². The van der Waals surface area contributed by atoms with E-state index in [0.717, 1.165) is 5.56 Å². The number of pyridine rings is 1. The molecule has 10 heteroatoms. The minimum absolute atomic E-state index is 0.544. The Morgan fingerprint density at radius 2 is 2.23 bits per heavy atom. The first-order valence-corrected chi connectivity index (χ1v) is 7.68. The predicted octanol–water partition coefficient (Wildman–Crippen LogP) is 0.608. The van der Waals surface area contributed by atoms with Crippen molar-refractivity contribution in [3.63, 3.8) is 0 Å². The quantitative estimate of drug-likeness (QED) is 0.382. The van der Waals surface area contributed by atoms with Gasteiger partial charge in [0.1, 0.15) is 0 Å². The van der Waals surface area contributed by atoms with Gasteiger partial charge in [0.25, 0.3) is 0 Å². The van der Waals surface area contributed by atoms with E-state index in [1.165, 1.54) is 11.8 Å². The zero-order chi connectivity index (χ0) is 15.2. The standard InChI is InChI=1S/C12H9B2N5O2S/c1-22-11-17-8(6-2-3-16-5-7(6)15)4-9(18-11)12(14-21-12)19-10-13-20-10/h2-5H,15H2,1H3. The van der Waals surface area contributed by atoms with Crippen LogP contribution in [0.3, 0.4) is 0 Å². The van der Waals surface area contributed by atoms with Crippen molar-refractivity contribution in [3.05, 3.63) is 30.2 Å². The number of aromatic nitrogens is 3. The van der Waals surface area contributed by atoms with Crippen LogP contribution in [-0.2, 0) is 14.9 Å². The lowest BCUT2D eigenvalue weighted by atomic mass is 9.92. The molecule has 4 heterocycles. The number of nitrogens with two attached hydrogens (primary N) is 1. The van der Waals surface area contributed by atoms with Crippen LogP contribution in [-0.4, -0.2) is 42.0 Å². The summed E-state index contributed by atoms with van der Waals surface area (Å²) < 4.78 is 10.3. The van der Waals surface area contributed by atoms with Gasteiger partial charge in [0.2, 0.25) is 0 Å². The molecule has 0 aliphatic carbocycles. The van der Waals surface area contributed by atoms with Crippen LogP contribution in [0.15, 0.2) is 34.7 Å². The van der Waals surface area contributed by atoms with Crippen LogP contribution in [0.4, 0.5) is 5.69 Å². The fourth-order valence-corrected chi connectivity index (χ4v) is 2.39. The van der Waals surface area contributed by atoms with Crippen molar-refractivity contribution in [2.75, 3.05) is 12.0 Å². The third kappa shape index (κ3) is 2.44. The zero-order valence-corrected chi connectivity index (χ0v) is 12.4. The molecule has 0 spiro atoms. The number of hydrogen-bond acceptors (Lipinski definition) is 8. The Morgan fingerprint density at radius 3 is 2.86 bits per heavy atom. The highest BCUT2D eigenvalue weighted by atomic mass is 32.2. The van der Waals surface area contributed by atoms with Crippen molar-refractivity contribution in [2.24, 2.45) is 4.99 Å². The Morgan fingerprint density at radius 1 is 1.41 bits per heavy atom. The number of hydrogen-bond donors (Lipinski definition) is 1. The van der Waals surface area contributed by atoms with Gasteiger partial charge in [0.05, 0.1) is 23.3 Å². The van der Waals surface area contributed by atoms with E-state index < -0.39 is 5.62 Å². The lowest BCUT2D eigenvalue weighted by Crippen LogP contribution is -2.12. The first-order chi connectivity index (χ1) is 10.7. The Kier molecular flexibility index (Phi) is 3.08.